The van der Waals surface area contributed by atoms with Crippen LogP contribution in [0, 0.1) is 0 Å². The van der Waals surface area contributed by atoms with Crippen LogP contribution in [-0.2, 0) is 4.74 Å². The molecule has 0 aliphatic carbocycles. The molecule has 0 spiro atoms. The Kier molecular flexibility index (Phi) is 5.49. The number of nitrogens with zero attached hydrogens (tertiary/aromatic N) is 4. The molecule has 2 aromatic carbocycles. The van der Waals surface area contributed by atoms with Crippen molar-refractivity contribution < 1.29 is 9.15 Å². The number of pyridine rings is 1. The van der Waals surface area contributed by atoms with E-state index in [2.05, 4.69) is 24.3 Å². The summed E-state index contributed by atoms with van der Waals surface area (Å²) in [5.74, 6) is 0.629. The summed E-state index contributed by atoms with van der Waals surface area (Å²) in [6, 6.07) is 24.3. The minimum absolute atomic E-state index is 0.0859. The quantitative estimate of drug-likeness (QED) is 0.286. The predicted molar refractivity (Wildman–Crippen MR) is 132 cm³/mol. The molecule has 6 heteroatoms. The van der Waals surface area contributed by atoms with Gasteiger partial charge in [-0.25, -0.2) is 14.7 Å². The van der Waals surface area contributed by atoms with Gasteiger partial charge in [0.25, 0.3) is 0 Å². The van der Waals surface area contributed by atoms with Gasteiger partial charge in [0.1, 0.15) is 5.69 Å². The molecule has 1 atom stereocenters. The maximum atomic E-state index is 6.03. The number of benzene rings is 2. The molecule has 0 amide bonds. The van der Waals surface area contributed by atoms with Crippen LogP contribution in [0.15, 0.2) is 101 Å². The fourth-order valence-corrected chi connectivity index (χ4v) is 4.44. The van der Waals surface area contributed by atoms with Crippen molar-refractivity contribution >= 4 is 22.4 Å². The number of furan rings is 1. The molecule has 5 aromatic rings. The Morgan fingerprint density at radius 3 is 2.35 bits per heavy atom. The van der Waals surface area contributed by atoms with Crippen molar-refractivity contribution in [2.24, 2.45) is 4.99 Å². The highest BCUT2D eigenvalue weighted by Crippen LogP contribution is 2.34. The van der Waals surface area contributed by atoms with Crippen LogP contribution in [0.1, 0.15) is 36.6 Å². The first kappa shape index (κ1) is 20.6. The van der Waals surface area contributed by atoms with Gasteiger partial charge in [0, 0.05) is 28.7 Å². The molecule has 6 rings (SSSR count). The van der Waals surface area contributed by atoms with Crippen LogP contribution in [-0.4, -0.2) is 27.1 Å². The van der Waals surface area contributed by atoms with Crippen molar-refractivity contribution in [3.8, 4) is 11.3 Å². The first-order valence-corrected chi connectivity index (χ1v) is 11.6. The number of aliphatic imine (C=N–C) groups is 1. The summed E-state index contributed by atoms with van der Waals surface area (Å²) in [4.78, 5) is 9.73. The highest BCUT2D eigenvalue weighted by Gasteiger charge is 2.22. The molecule has 1 aliphatic rings. The Morgan fingerprint density at radius 2 is 1.71 bits per heavy atom. The second kappa shape index (κ2) is 9.08. The Morgan fingerprint density at radius 1 is 0.941 bits per heavy atom. The lowest BCUT2D eigenvalue weighted by Gasteiger charge is -2.23. The van der Waals surface area contributed by atoms with Crippen molar-refractivity contribution in [3.63, 3.8) is 0 Å². The van der Waals surface area contributed by atoms with E-state index in [1.807, 2.05) is 59.4 Å². The smallest absolute Gasteiger partial charge is 0.153 e. The van der Waals surface area contributed by atoms with E-state index < -0.39 is 0 Å². The second-order valence-electron chi connectivity index (χ2n) is 8.38. The van der Waals surface area contributed by atoms with Crippen molar-refractivity contribution in [3.05, 3.63) is 103 Å². The van der Waals surface area contributed by atoms with Crippen molar-refractivity contribution in [1.29, 1.82) is 0 Å². The average molecular weight is 449 g/mol. The van der Waals surface area contributed by atoms with Gasteiger partial charge in [0.15, 0.2) is 12.0 Å². The van der Waals surface area contributed by atoms with Crippen LogP contribution in [0.4, 0.5) is 5.82 Å². The molecule has 3 aromatic heterocycles. The molecule has 0 N–H and O–H groups in total. The van der Waals surface area contributed by atoms with E-state index in [9.17, 15) is 0 Å². The van der Waals surface area contributed by atoms with Gasteiger partial charge in [-0.05, 0) is 31.4 Å². The number of hydrogen-bond acceptors (Lipinski definition) is 5. The van der Waals surface area contributed by atoms with Crippen LogP contribution < -0.4 is 0 Å². The van der Waals surface area contributed by atoms with Crippen LogP contribution in [0.2, 0.25) is 0 Å². The maximum Gasteiger partial charge on any atom is 0.153 e. The standard InChI is InChI=1S/C28H24N4O2/c1-3-9-20(10-4-1)27(21-11-5-2-6-12-21)30-25-17-23-24(18-29-25)32(26-13-7-8-15-34-26)31-28(23)22-14-16-33-19-22/h1-6,9-12,14,16-19,26H,7-8,13,15H2. The van der Waals surface area contributed by atoms with E-state index in [4.69, 9.17) is 24.2 Å². The highest BCUT2D eigenvalue weighted by atomic mass is 16.5. The monoisotopic (exact) mass is 448 g/mol. The average Bonchev–Trinajstić information content (AvgIpc) is 3.57. The molecule has 1 saturated heterocycles. The van der Waals surface area contributed by atoms with Gasteiger partial charge in [-0.2, -0.15) is 5.10 Å². The summed E-state index contributed by atoms with van der Waals surface area (Å²) in [7, 11) is 0. The van der Waals surface area contributed by atoms with Gasteiger partial charge < -0.3 is 9.15 Å². The molecule has 1 fully saturated rings. The third kappa shape index (κ3) is 3.93. The Bertz CT molecular complexity index is 1380. The minimum Gasteiger partial charge on any atom is -0.472 e. The lowest BCUT2D eigenvalue weighted by Crippen LogP contribution is -2.19. The summed E-state index contributed by atoms with van der Waals surface area (Å²) in [5, 5.41) is 5.91. The molecule has 4 heterocycles. The molecule has 168 valence electrons. The summed E-state index contributed by atoms with van der Waals surface area (Å²) in [5.41, 5.74) is 5.66. The molecular formula is C28H24N4O2. The number of fused-ring (bicyclic) bond motifs is 1. The van der Waals surface area contributed by atoms with Crippen molar-refractivity contribution in [2.75, 3.05) is 6.61 Å². The van der Waals surface area contributed by atoms with Gasteiger partial charge in [-0.1, -0.05) is 60.7 Å². The zero-order valence-corrected chi connectivity index (χ0v) is 18.7. The molecule has 0 saturated carbocycles. The fourth-order valence-electron chi connectivity index (χ4n) is 4.44. The summed E-state index contributed by atoms with van der Waals surface area (Å²) in [6.07, 6.45) is 8.31. The van der Waals surface area contributed by atoms with Crippen LogP contribution in [0.25, 0.3) is 22.2 Å². The lowest BCUT2D eigenvalue weighted by atomic mass is 10.0. The van der Waals surface area contributed by atoms with E-state index in [0.29, 0.717) is 5.82 Å². The number of hydrogen-bond donors (Lipinski definition) is 0. The Balaban J connectivity index is 1.51. The maximum absolute atomic E-state index is 6.03. The van der Waals surface area contributed by atoms with Gasteiger partial charge >= 0.3 is 0 Å². The van der Waals surface area contributed by atoms with Gasteiger partial charge in [0.05, 0.1) is 30.0 Å². The van der Waals surface area contributed by atoms with Crippen LogP contribution in [0.3, 0.4) is 0 Å². The van der Waals surface area contributed by atoms with Crippen molar-refractivity contribution in [2.45, 2.75) is 25.5 Å². The zero-order chi connectivity index (χ0) is 22.7. The molecular weight excluding hydrogens is 424 g/mol. The Hall–Kier alpha value is -4.03. The van der Waals surface area contributed by atoms with E-state index in [-0.39, 0.29) is 6.23 Å². The normalized spacial score (nSPS) is 15.9. The fraction of sp³-hybridized carbons (Fsp3) is 0.179. The molecule has 6 nitrogen and oxygen atoms in total. The topological polar surface area (TPSA) is 65.4 Å². The minimum atomic E-state index is -0.0859. The van der Waals surface area contributed by atoms with Gasteiger partial charge in [-0.15, -0.1) is 0 Å². The summed E-state index contributed by atoms with van der Waals surface area (Å²) >= 11 is 0. The summed E-state index contributed by atoms with van der Waals surface area (Å²) < 4.78 is 13.4. The van der Waals surface area contributed by atoms with E-state index in [1.54, 1.807) is 12.5 Å². The van der Waals surface area contributed by atoms with Crippen LogP contribution >= 0.6 is 0 Å². The first-order chi connectivity index (χ1) is 16.9. The SMILES string of the molecule is c1ccc(C(=Nc2cc3c(-c4ccoc4)nn(C4CCCCO4)c3cn2)c2ccccc2)cc1. The first-order valence-electron chi connectivity index (χ1n) is 11.6. The lowest BCUT2D eigenvalue weighted by molar-refractivity contribution is -0.0365. The third-order valence-electron chi connectivity index (χ3n) is 6.12. The zero-order valence-electron chi connectivity index (χ0n) is 18.7. The molecule has 1 aliphatic heterocycles. The van der Waals surface area contributed by atoms with E-state index in [0.717, 1.165) is 64.9 Å². The van der Waals surface area contributed by atoms with E-state index >= 15 is 0 Å². The molecule has 0 radical (unpaired) electrons. The second-order valence-corrected chi connectivity index (χ2v) is 8.38. The number of rotatable bonds is 5. The third-order valence-corrected chi connectivity index (χ3v) is 6.12. The summed E-state index contributed by atoms with van der Waals surface area (Å²) in [6.45, 7) is 0.750. The van der Waals surface area contributed by atoms with Gasteiger partial charge in [-0.3, -0.25) is 0 Å². The Labute approximate surface area is 197 Å². The van der Waals surface area contributed by atoms with Crippen molar-refractivity contribution in [1.82, 2.24) is 14.8 Å². The number of aromatic nitrogens is 3. The van der Waals surface area contributed by atoms with Gasteiger partial charge in [0.2, 0.25) is 0 Å². The largest absolute Gasteiger partial charge is 0.472 e. The number of ether oxygens (including phenoxy) is 1. The highest BCUT2D eigenvalue weighted by molar-refractivity contribution is 6.14. The molecule has 34 heavy (non-hydrogen) atoms. The van der Waals surface area contributed by atoms with E-state index in [1.165, 1.54) is 0 Å². The van der Waals surface area contributed by atoms with Crippen LogP contribution in [0.5, 0.6) is 0 Å². The molecule has 0 bridgehead atoms. The predicted octanol–water partition coefficient (Wildman–Crippen LogP) is 6.56. The molecule has 1 unspecified atom stereocenters.